The SMILES string of the molecule is C=C1[C@H](O)CC(=CC=C2CCC[C@]3(C)[C@@H]([C@H](C)CN4CCC(O)(C5CC5)C4)CC[C@@H]23)C[C@H]1O. The molecule has 184 valence electrons. The van der Waals surface area contributed by atoms with Crippen LogP contribution in [0.3, 0.4) is 0 Å². The molecule has 0 bridgehead atoms. The van der Waals surface area contributed by atoms with Gasteiger partial charge in [0.2, 0.25) is 0 Å². The highest BCUT2D eigenvalue weighted by atomic mass is 16.3. The second-order valence-corrected chi connectivity index (χ2v) is 12.5. The Balaban J connectivity index is 1.24. The predicted octanol–water partition coefficient (Wildman–Crippen LogP) is 4.61. The van der Waals surface area contributed by atoms with E-state index in [4.69, 9.17) is 0 Å². The Morgan fingerprint density at radius 2 is 1.82 bits per heavy atom. The summed E-state index contributed by atoms with van der Waals surface area (Å²) >= 11 is 0. The van der Waals surface area contributed by atoms with E-state index in [1.165, 1.54) is 44.9 Å². The Hall–Kier alpha value is -0.940. The number of hydrogen-bond donors (Lipinski definition) is 3. The molecule has 3 N–H and O–H groups in total. The van der Waals surface area contributed by atoms with Gasteiger partial charge < -0.3 is 20.2 Å². The molecular formula is C29H45NO3. The fraction of sp³-hybridized carbons (Fsp3) is 0.793. The topological polar surface area (TPSA) is 63.9 Å². The van der Waals surface area contributed by atoms with Crippen LogP contribution in [0.15, 0.2) is 35.5 Å². The molecule has 0 aromatic heterocycles. The minimum atomic E-state index is -0.616. The molecule has 1 aliphatic heterocycles. The number of aliphatic hydroxyl groups excluding tert-OH is 2. The van der Waals surface area contributed by atoms with Crippen LogP contribution in [0, 0.1) is 29.1 Å². The molecule has 1 unspecified atom stereocenters. The maximum absolute atomic E-state index is 11.0. The van der Waals surface area contributed by atoms with E-state index in [2.05, 4.69) is 37.5 Å². The summed E-state index contributed by atoms with van der Waals surface area (Å²) in [5, 5.41) is 31.3. The first-order valence-corrected chi connectivity index (χ1v) is 13.6. The van der Waals surface area contributed by atoms with Crippen LogP contribution in [-0.4, -0.2) is 57.7 Å². The van der Waals surface area contributed by atoms with Crippen LogP contribution < -0.4 is 0 Å². The highest BCUT2D eigenvalue weighted by Crippen LogP contribution is 2.59. The molecule has 4 nitrogen and oxygen atoms in total. The minimum Gasteiger partial charge on any atom is -0.388 e. The van der Waals surface area contributed by atoms with Gasteiger partial charge >= 0.3 is 0 Å². The van der Waals surface area contributed by atoms with Crippen LogP contribution in [0.25, 0.3) is 0 Å². The molecule has 5 rings (SSSR count). The van der Waals surface area contributed by atoms with Gasteiger partial charge in [-0.25, -0.2) is 0 Å². The first kappa shape index (κ1) is 23.8. The zero-order chi connectivity index (χ0) is 23.4. The maximum atomic E-state index is 11.0. The number of fused-ring (bicyclic) bond motifs is 1. The molecule has 0 radical (unpaired) electrons. The van der Waals surface area contributed by atoms with Gasteiger partial charge in [0.15, 0.2) is 0 Å². The molecule has 1 heterocycles. The van der Waals surface area contributed by atoms with Gasteiger partial charge in [0.25, 0.3) is 0 Å². The third-order valence-corrected chi connectivity index (χ3v) is 10.3. The van der Waals surface area contributed by atoms with E-state index in [1.54, 1.807) is 5.57 Å². The lowest BCUT2D eigenvalue weighted by Crippen LogP contribution is -2.41. The number of rotatable bonds is 5. The number of allylic oxidation sites excluding steroid dienone is 3. The van der Waals surface area contributed by atoms with Crippen molar-refractivity contribution in [1.82, 2.24) is 4.90 Å². The van der Waals surface area contributed by atoms with Gasteiger partial charge in [0.1, 0.15) is 0 Å². The third-order valence-electron chi connectivity index (χ3n) is 10.3. The molecule has 7 atom stereocenters. The second kappa shape index (κ2) is 8.93. The Bertz CT molecular complexity index is 813. The van der Waals surface area contributed by atoms with Crippen molar-refractivity contribution >= 4 is 0 Å². The maximum Gasteiger partial charge on any atom is 0.0814 e. The molecule has 4 heteroatoms. The zero-order valence-electron chi connectivity index (χ0n) is 20.8. The molecule has 1 saturated heterocycles. The molecule has 0 aromatic carbocycles. The van der Waals surface area contributed by atoms with Crippen LogP contribution in [0.5, 0.6) is 0 Å². The van der Waals surface area contributed by atoms with Crippen molar-refractivity contribution in [1.29, 1.82) is 0 Å². The van der Waals surface area contributed by atoms with Crippen molar-refractivity contribution in [3.63, 3.8) is 0 Å². The molecule has 0 amide bonds. The summed E-state index contributed by atoms with van der Waals surface area (Å²) in [4.78, 5) is 2.55. The Labute approximate surface area is 200 Å². The number of likely N-dealkylation sites (tertiary alicyclic amines) is 1. The van der Waals surface area contributed by atoms with Crippen LogP contribution in [-0.2, 0) is 0 Å². The average molecular weight is 456 g/mol. The van der Waals surface area contributed by atoms with Crippen molar-refractivity contribution in [3.8, 4) is 0 Å². The van der Waals surface area contributed by atoms with Gasteiger partial charge in [-0.15, -0.1) is 0 Å². The highest BCUT2D eigenvalue weighted by Gasteiger charge is 2.52. The van der Waals surface area contributed by atoms with E-state index in [-0.39, 0.29) is 0 Å². The first-order valence-electron chi connectivity index (χ1n) is 13.6. The summed E-state index contributed by atoms with van der Waals surface area (Å²) in [7, 11) is 0. The zero-order valence-corrected chi connectivity index (χ0v) is 20.8. The smallest absolute Gasteiger partial charge is 0.0814 e. The molecular weight excluding hydrogens is 410 g/mol. The predicted molar refractivity (Wildman–Crippen MR) is 133 cm³/mol. The van der Waals surface area contributed by atoms with Gasteiger partial charge in [-0.3, -0.25) is 0 Å². The van der Waals surface area contributed by atoms with Crippen LogP contribution in [0.1, 0.15) is 78.1 Å². The van der Waals surface area contributed by atoms with Gasteiger partial charge in [-0.1, -0.05) is 43.7 Å². The summed E-state index contributed by atoms with van der Waals surface area (Å²) in [6.07, 6.45) is 14.3. The van der Waals surface area contributed by atoms with Crippen molar-refractivity contribution in [3.05, 3.63) is 35.5 Å². The van der Waals surface area contributed by atoms with Gasteiger partial charge in [-0.05, 0) is 98.9 Å². The molecule has 33 heavy (non-hydrogen) atoms. The third kappa shape index (κ3) is 4.53. The Morgan fingerprint density at radius 3 is 2.52 bits per heavy atom. The van der Waals surface area contributed by atoms with E-state index >= 15 is 0 Å². The lowest BCUT2D eigenvalue weighted by atomic mass is 9.61. The van der Waals surface area contributed by atoms with E-state index in [1.807, 2.05) is 0 Å². The number of β-amino-alcohol motifs (C(OH)–C–C–N with tert-alkyl or cyclic N) is 1. The van der Waals surface area contributed by atoms with Crippen molar-refractivity contribution in [2.75, 3.05) is 19.6 Å². The molecule has 5 aliphatic rings. The Kier molecular flexibility index (Phi) is 6.44. The summed E-state index contributed by atoms with van der Waals surface area (Å²) in [5.74, 6) is 2.63. The second-order valence-electron chi connectivity index (χ2n) is 12.5. The number of hydrogen-bond acceptors (Lipinski definition) is 4. The number of nitrogens with zero attached hydrogens (tertiary/aromatic N) is 1. The molecule has 4 aliphatic carbocycles. The largest absolute Gasteiger partial charge is 0.388 e. The standard InChI is InChI=1S/C29H45NO3/c1-19(17-30-14-13-29(33,18-30)23-8-9-23)24-10-11-25-22(5-4-12-28(24,25)3)7-6-21-15-26(31)20(2)27(32)16-21/h6-7,19,23-27,31-33H,2,4-5,8-18H2,1,3H3/t19-,24-,25+,26-,27-,28-,29?/m1/s1. The van der Waals surface area contributed by atoms with E-state index in [0.29, 0.717) is 41.6 Å². The van der Waals surface area contributed by atoms with E-state index in [9.17, 15) is 15.3 Å². The summed E-state index contributed by atoms with van der Waals surface area (Å²) in [6, 6.07) is 0. The summed E-state index contributed by atoms with van der Waals surface area (Å²) < 4.78 is 0. The van der Waals surface area contributed by atoms with Gasteiger partial charge in [-0.2, -0.15) is 0 Å². The van der Waals surface area contributed by atoms with Crippen molar-refractivity contribution in [2.24, 2.45) is 29.1 Å². The fourth-order valence-corrected chi connectivity index (χ4v) is 8.18. The van der Waals surface area contributed by atoms with Crippen LogP contribution in [0.4, 0.5) is 0 Å². The summed E-state index contributed by atoms with van der Waals surface area (Å²) in [6.45, 7) is 11.9. The lowest BCUT2D eigenvalue weighted by molar-refractivity contribution is 0.0216. The monoisotopic (exact) mass is 455 g/mol. The van der Waals surface area contributed by atoms with E-state index in [0.717, 1.165) is 37.5 Å². The molecule has 0 spiro atoms. The van der Waals surface area contributed by atoms with Gasteiger partial charge in [0.05, 0.1) is 17.8 Å². The Morgan fingerprint density at radius 1 is 1.09 bits per heavy atom. The highest BCUT2D eigenvalue weighted by molar-refractivity contribution is 5.29. The van der Waals surface area contributed by atoms with Crippen molar-refractivity contribution < 1.29 is 15.3 Å². The average Bonchev–Trinajstić information content (AvgIpc) is 3.48. The molecule has 0 aromatic rings. The molecule has 4 saturated carbocycles. The van der Waals surface area contributed by atoms with Crippen molar-refractivity contribution in [2.45, 2.75) is 95.9 Å². The lowest BCUT2D eigenvalue weighted by Gasteiger charge is -2.45. The summed E-state index contributed by atoms with van der Waals surface area (Å²) in [5.41, 5.74) is 3.26. The quantitative estimate of drug-likeness (QED) is 0.530. The van der Waals surface area contributed by atoms with Gasteiger partial charge in [0, 0.05) is 19.6 Å². The normalized spacial score (nSPS) is 44.3. The fourth-order valence-electron chi connectivity index (χ4n) is 8.18. The molecule has 5 fully saturated rings. The minimum absolute atomic E-state index is 0.369. The first-order chi connectivity index (χ1) is 15.7. The van der Waals surface area contributed by atoms with Crippen LogP contribution >= 0.6 is 0 Å². The number of aliphatic hydroxyl groups is 3. The van der Waals surface area contributed by atoms with Crippen LogP contribution in [0.2, 0.25) is 0 Å². The van der Waals surface area contributed by atoms with E-state index < -0.39 is 17.8 Å².